The Bertz CT molecular complexity index is 504. The zero-order chi connectivity index (χ0) is 15.0. The first-order chi connectivity index (χ1) is 10.1. The second-order valence-electron chi connectivity index (χ2n) is 7.02. The number of carbonyl (C=O) groups excluding carboxylic acids is 1. The Morgan fingerprint density at radius 3 is 2.43 bits per heavy atom. The van der Waals surface area contributed by atoms with E-state index in [1.54, 1.807) is 0 Å². The van der Waals surface area contributed by atoms with Gasteiger partial charge in [0.25, 0.3) is 0 Å². The summed E-state index contributed by atoms with van der Waals surface area (Å²) in [7, 11) is 0. The molecule has 1 aliphatic carbocycles. The molecule has 114 valence electrons. The summed E-state index contributed by atoms with van der Waals surface area (Å²) in [5.41, 5.74) is 8.92. The van der Waals surface area contributed by atoms with E-state index in [-0.39, 0.29) is 18.0 Å². The van der Waals surface area contributed by atoms with Crippen molar-refractivity contribution in [2.24, 2.45) is 11.7 Å². The number of rotatable bonds is 4. The monoisotopic (exact) mass is 286 g/mol. The van der Waals surface area contributed by atoms with Crippen LogP contribution in [-0.2, 0) is 11.2 Å². The van der Waals surface area contributed by atoms with Crippen LogP contribution in [0.1, 0.15) is 56.7 Å². The van der Waals surface area contributed by atoms with Crippen LogP contribution in [0.15, 0.2) is 24.3 Å². The Morgan fingerprint density at radius 1 is 1.19 bits per heavy atom. The van der Waals surface area contributed by atoms with E-state index in [4.69, 9.17) is 5.73 Å². The highest BCUT2D eigenvalue weighted by atomic mass is 16.2. The zero-order valence-electron chi connectivity index (χ0n) is 13.1. The van der Waals surface area contributed by atoms with Crippen LogP contribution in [0, 0.1) is 5.92 Å². The first kappa shape index (κ1) is 14.6. The molecular formula is C18H26N2O. The number of hydrogen-bond donors (Lipinski definition) is 1. The minimum Gasteiger partial charge on any atom is -0.331 e. The minimum absolute atomic E-state index is 0.0687. The normalized spacial score (nSPS) is 26.5. The third-order valence-corrected chi connectivity index (χ3v) is 4.59. The van der Waals surface area contributed by atoms with Gasteiger partial charge in [-0.25, -0.2) is 0 Å². The molecule has 2 fully saturated rings. The van der Waals surface area contributed by atoms with E-state index in [0.717, 1.165) is 25.7 Å². The molecule has 1 amide bonds. The molecule has 1 aromatic rings. The van der Waals surface area contributed by atoms with Gasteiger partial charge in [0.05, 0.1) is 6.04 Å². The third-order valence-electron chi connectivity index (χ3n) is 4.59. The Hall–Kier alpha value is -1.35. The van der Waals surface area contributed by atoms with E-state index >= 15 is 0 Å². The number of likely N-dealkylation sites (tertiary alicyclic amines) is 1. The van der Waals surface area contributed by atoms with Crippen LogP contribution in [-0.4, -0.2) is 22.9 Å². The summed E-state index contributed by atoms with van der Waals surface area (Å²) in [6, 6.07) is 9.33. The highest BCUT2D eigenvalue weighted by Crippen LogP contribution is 2.40. The first-order valence-corrected chi connectivity index (χ1v) is 8.22. The van der Waals surface area contributed by atoms with E-state index in [1.165, 1.54) is 11.1 Å². The standard InChI is InChI=1S/C18H26N2O/c1-12(2)11-13-3-5-14(6-4-13)18-16(19)9-10-17(21)20(18)15-7-8-15/h3-6,12,15-16,18H,7-11,19H2,1-2H3. The average molecular weight is 286 g/mol. The topological polar surface area (TPSA) is 46.3 Å². The Kier molecular flexibility index (Phi) is 4.03. The molecule has 0 radical (unpaired) electrons. The van der Waals surface area contributed by atoms with Crippen molar-refractivity contribution in [1.29, 1.82) is 0 Å². The third kappa shape index (κ3) is 3.13. The van der Waals surface area contributed by atoms with Gasteiger partial charge in [0.2, 0.25) is 5.91 Å². The van der Waals surface area contributed by atoms with Crippen molar-refractivity contribution in [1.82, 2.24) is 4.90 Å². The van der Waals surface area contributed by atoms with Crippen molar-refractivity contribution in [2.75, 3.05) is 0 Å². The maximum Gasteiger partial charge on any atom is 0.223 e. The van der Waals surface area contributed by atoms with Crippen LogP contribution >= 0.6 is 0 Å². The van der Waals surface area contributed by atoms with Crippen LogP contribution in [0.3, 0.4) is 0 Å². The Labute approximate surface area is 127 Å². The van der Waals surface area contributed by atoms with E-state index in [1.807, 2.05) is 0 Å². The Morgan fingerprint density at radius 2 is 1.86 bits per heavy atom. The van der Waals surface area contributed by atoms with Crippen molar-refractivity contribution in [3.8, 4) is 0 Å². The molecule has 1 saturated heterocycles. The molecule has 2 atom stereocenters. The van der Waals surface area contributed by atoms with Gasteiger partial charge in [-0.3, -0.25) is 4.79 Å². The van der Waals surface area contributed by atoms with Gasteiger partial charge in [0, 0.05) is 18.5 Å². The van der Waals surface area contributed by atoms with Gasteiger partial charge in [-0.15, -0.1) is 0 Å². The summed E-state index contributed by atoms with van der Waals surface area (Å²) < 4.78 is 0. The zero-order valence-corrected chi connectivity index (χ0v) is 13.1. The molecular weight excluding hydrogens is 260 g/mol. The van der Waals surface area contributed by atoms with Crippen LogP contribution < -0.4 is 5.73 Å². The number of piperidine rings is 1. The van der Waals surface area contributed by atoms with Crippen molar-refractivity contribution < 1.29 is 4.79 Å². The molecule has 2 unspecified atom stereocenters. The van der Waals surface area contributed by atoms with Crippen molar-refractivity contribution in [3.63, 3.8) is 0 Å². The first-order valence-electron chi connectivity index (χ1n) is 8.22. The van der Waals surface area contributed by atoms with E-state index in [0.29, 0.717) is 18.4 Å². The number of amides is 1. The van der Waals surface area contributed by atoms with Gasteiger partial charge in [-0.2, -0.15) is 0 Å². The Balaban J connectivity index is 1.83. The second-order valence-corrected chi connectivity index (χ2v) is 7.02. The number of carbonyl (C=O) groups is 1. The molecule has 1 heterocycles. The second kappa shape index (κ2) is 5.80. The van der Waals surface area contributed by atoms with E-state index < -0.39 is 0 Å². The lowest BCUT2D eigenvalue weighted by molar-refractivity contribution is -0.138. The molecule has 3 heteroatoms. The average Bonchev–Trinajstić information content (AvgIpc) is 3.26. The van der Waals surface area contributed by atoms with Gasteiger partial charge in [0.15, 0.2) is 0 Å². The summed E-state index contributed by atoms with van der Waals surface area (Å²) in [5.74, 6) is 0.952. The molecule has 0 aromatic heterocycles. The summed E-state index contributed by atoms with van der Waals surface area (Å²) in [4.78, 5) is 14.4. The fourth-order valence-electron chi connectivity index (χ4n) is 3.45. The summed E-state index contributed by atoms with van der Waals surface area (Å²) in [5, 5.41) is 0. The maximum absolute atomic E-state index is 12.3. The van der Waals surface area contributed by atoms with E-state index in [9.17, 15) is 4.79 Å². The molecule has 21 heavy (non-hydrogen) atoms. The highest BCUT2D eigenvalue weighted by molar-refractivity contribution is 5.78. The van der Waals surface area contributed by atoms with E-state index in [2.05, 4.69) is 43.0 Å². The maximum atomic E-state index is 12.3. The summed E-state index contributed by atoms with van der Waals surface area (Å²) >= 11 is 0. The van der Waals surface area contributed by atoms with Crippen LogP contribution in [0.25, 0.3) is 0 Å². The smallest absolute Gasteiger partial charge is 0.223 e. The van der Waals surface area contributed by atoms with Crippen molar-refractivity contribution in [2.45, 2.75) is 64.1 Å². The number of hydrogen-bond acceptors (Lipinski definition) is 2. The number of nitrogens with two attached hydrogens (primary N) is 1. The predicted octanol–water partition coefficient (Wildman–Crippen LogP) is 3.04. The number of benzene rings is 1. The molecule has 0 spiro atoms. The molecule has 2 aliphatic rings. The molecule has 0 bridgehead atoms. The van der Waals surface area contributed by atoms with Crippen LogP contribution in [0.5, 0.6) is 0 Å². The van der Waals surface area contributed by atoms with Gasteiger partial charge < -0.3 is 10.6 Å². The lowest BCUT2D eigenvalue weighted by Crippen LogP contribution is -2.49. The lowest BCUT2D eigenvalue weighted by atomic mass is 9.89. The van der Waals surface area contributed by atoms with Gasteiger partial charge in [0.1, 0.15) is 0 Å². The number of nitrogens with zero attached hydrogens (tertiary/aromatic N) is 1. The fourth-order valence-corrected chi connectivity index (χ4v) is 3.45. The lowest BCUT2D eigenvalue weighted by Gasteiger charge is -2.40. The molecule has 2 N–H and O–H groups in total. The molecule has 3 rings (SSSR count). The largest absolute Gasteiger partial charge is 0.331 e. The minimum atomic E-state index is 0.0687. The predicted molar refractivity (Wildman–Crippen MR) is 84.8 cm³/mol. The van der Waals surface area contributed by atoms with Crippen LogP contribution in [0.4, 0.5) is 0 Å². The summed E-state index contributed by atoms with van der Waals surface area (Å²) in [6.45, 7) is 4.47. The van der Waals surface area contributed by atoms with Gasteiger partial charge >= 0.3 is 0 Å². The molecule has 1 aromatic carbocycles. The van der Waals surface area contributed by atoms with Crippen molar-refractivity contribution >= 4 is 5.91 Å². The van der Waals surface area contributed by atoms with Gasteiger partial charge in [-0.1, -0.05) is 38.1 Å². The van der Waals surface area contributed by atoms with Gasteiger partial charge in [-0.05, 0) is 42.7 Å². The SMILES string of the molecule is CC(C)Cc1ccc(C2C(N)CCC(=O)N2C2CC2)cc1. The summed E-state index contributed by atoms with van der Waals surface area (Å²) in [6.07, 6.45) is 4.79. The molecule has 1 saturated carbocycles. The van der Waals surface area contributed by atoms with Crippen molar-refractivity contribution in [3.05, 3.63) is 35.4 Å². The fraction of sp³-hybridized carbons (Fsp3) is 0.611. The highest BCUT2D eigenvalue weighted by Gasteiger charge is 2.42. The van der Waals surface area contributed by atoms with Crippen LogP contribution in [0.2, 0.25) is 0 Å². The molecule has 3 nitrogen and oxygen atoms in total. The molecule has 1 aliphatic heterocycles. The quantitative estimate of drug-likeness (QED) is 0.924.